The largest absolute Gasteiger partial charge is 0.468 e. The van der Waals surface area contributed by atoms with E-state index >= 15 is 0 Å². The monoisotopic (exact) mass is 288 g/mol. The second-order valence-corrected chi connectivity index (χ2v) is 5.84. The van der Waals surface area contributed by atoms with Crippen molar-refractivity contribution in [1.82, 2.24) is 10.2 Å². The highest BCUT2D eigenvalue weighted by Gasteiger charge is 2.37. The lowest BCUT2D eigenvalue weighted by Gasteiger charge is -2.38. The molecule has 0 aromatic heterocycles. The molecule has 0 radical (unpaired) electrons. The van der Waals surface area contributed by atoms with Gasteiger partial charge in [-0.1, -0.05) is 6.92 Å². The molecule has 0 amide bonds. The van der Waals surface area contributed by atoms with Crippen molar-refractivity contribution >= 4 is 5.97 Å². The minimum absolute atomic E-state index is 0.209. The minimum atomic E-state index is -0.708. The zero-order valence-electron chi connectivity index (χ0n) is 14.2. The highest BCUT2D eigenvalue weighted by molar-refractivity contribution is 5.80. The molecule has 5 nitrogen and oxygen atoms in total. The van der Waals surface area contributed by atoms with Gasteiger partial charge in [0.15, 0.2) is 0 Å². The molecule has 0 bridgehead atoms. The molecule has 0 aromatic rings. The SMILES string of the molecule is CCC(C)N(CCOC)CC(C)(NC(C)C)C(=O)OC. The molecule has 1 N–H and O–H groups in total. The van der Waals surface area contributed by atoms with Crippen molar-refractivity contribution in [1.29, 1.82) is 0 Å². The first-order chi connectivity index (χ1) is 9.30. The summed E-state index contributed by atoms with van der Waals surface area (Å²) in [7, 11) is 3.13. The number of rotatable bonds is 10. The van der Waals surface area contributed by atoms with Crippen LogP contribution in [0.25, 0.3) is 0 Å². The summed E-state index contributed by atoms with van der Waals surface area (Å²) in [6.45, 7) is 12.4. The van der Waals surface area contributed by atoms with Gasteiger partial charge in [-0.15, -0.1) is 0 Å². The maximum atomic E-state index is 12.1. The van der Waals surface area contributed by atoms with Crippen LogP contribution >= 0.6 is 0 Å². The molecule has 5 heteroatoms. The summed E-state index contributed by atoms with van der Waals surface area (Å²) in [5.41, 5.74) is -0.708. The average molecular weight is 288 g/mol. The number of hydrogen-bond acceptors (Lipinski definition) is 5. The van der Waals surface area contributed by atoms with Crippen molar-refractivity contribution < 1.29 is 14.3 Å². The van der Waals surface area contributed by atoms with Crippen molar-refractivity contribution in [3.63, 3.8) is 0 Å². The second kappa shape index (κ2) is 9.32. The molecule has 0 aliphatic carbocycles. The quantitative estimate of drug-likeness (QED) is 0.620. The van der Waals surface area contributed by atoms with Gasteiger partial charge in [-0.25, -0.2) is 0 Å². The normalized spacial score (nSPS) is 16.2. The number of nitrogens with zero attached hydrogens (tertiary/aromatic N) is 1. The Balaban J connectivity index is 5.00. The van der Waals surface area contributed by atoms with Crippen LogP contribution in [0.15, 0.2) is 0 Å². The molecule has 0 fully saturated rings. The van der Waals surface area contributed by atoms with Gasteiger partial charge in [0.05, 0.1) is 13.7 Å². The zero-order valence-corrected chi connectivity index (χ0v) is 14.2. The van der Waals surface area contributed by atoms with Crippen LogP contribution in [0.1, 0.15) is 41.0 Å². The fourth-order valence-corrected chi connectivity index (χ4v) is 2.36. The molecule has 0 saturated carbocycles. The molecular weight excluding hydrogens is 256 g/mol. The van der Waals surface area contributed by atoms with Crippen molar-refractivity contribution in [2.24, 2.45) is 0 Å². The number of methoxy groups -OCH3 is 2. The predicted molar refractivity (Wildman–Crippen MR) is 81.9 cm³/mol. The lowest BCUT2D eigenvalue weighted by Crippen LogP contribution is -2.60. The summed E-state index contributed by atoms with van der Waals surface area (Å²) in [6.07, 6.45) is 1.03. The van der Waals surface area contributed by atoms with Crippen LogP contribution in [0.3, 0.4) is 0 Å². The van der Waals surface area contributed by atoms with Crippen LogP contribution in [0.5, 0.6) is 0 Å². The number of esters is 1. The standard InChI is InChI=1S/C15H32N2O3/c1-8-13(4)17(9-10-19-6)11-15(5,14(18)20-7)16-12(2)3/h12-13,16H,8-11H2,1-7H3. The van der Waals surface area contributed by atoms with Crippen LogP contribution < -0.4 is 5.32 Å². The average Bonchev–Trinajstić information content (AvgIpc) is 2.40. The van der Waals surface area contributed by atoms with E-state index in [1.54, 1.807) is 7.11 Å². The topological polar surface area (TPSA) is 50.8 Å². The molecule has 0 heterocycles. The Bertz CT molecular complexity index is 284. The van der Waals surface area contributed by atoms with E-state index in [1.165, 1.54) is 7.11 Å². The maximum Gasteiger partial charge on any atom is 0.327 e. The summed E-state index contributed by atoms with van der Waals surface area (Å²) in [4.78, 5) is 14.4. The molecule has 0 aliphatic rings. The third-order valence-corrected chi connectivity index (χ3v) is 3.56. The Labute approximate surface area is 124 Å². The third-order valence-electron chi connectivity index (χ3n) is 3.56. The number of nitrogens with one attached hydrogen (secondary N) is 1. The molecule has 0 spiro atoms. The van der Waals surface area contributed by atoms with E-state index in [2.05, 4.69) is 24.1 Å². The van der Waals surface area contributed by atoms with Crippen molar-refractivity contribution in [3.05, 3.63) is 0 Å². The number of hydrogen-bond donors (Lipinski definition) is 1. The minimum Gasteiger partial charge on any atom is -0.468 e. The fraction of sp³-hybridized carbons (Fsp3) is 0.933. The molecule has 0 aromatic carbocycles. The van der Waals surface area contributed by atoms with Gasteiger partial charge < -0.3 is 9.47 Å². The van der Waals surface area contributed by atoms with Gasteiger partial charge in [0, 0.05) is 32.3 Å². The van der Waals surface area contributed by atoms with E-state index in [-0.39, 0.29) is 12.0 Å². The lowest BCUT2D eigenvalue weighted by atomic mass is 9.99. The predicted octanol–water partition coefficient (Wildman–Crippen LogP) is 1.66. The molecule has 0 aliphatic heterocycles. The Morgan fingerprint density at radius 3 is 2.30 bits per heavy atom. The van der Waals surface area contributed by atoms with E-state index in [1.807, 2.05) is 20.8 Å². The smallest absolute Gasteiger partial charge is 0.327 e. The van der Waals surface area contributed by atoms with Crippen molar-refractivity contribution in [3.8, 4) is 0 Å². The molecule has 0 saturated heterocycles. The molecule has 2 unspecified atom stereocenters. The second-order valence-electron chi connectivity index (χ2n) is 5.84. The summed E-state index contributed by atoms with van der Waals surface area (Å²) in [5.74, 6) is -0.225. The Hall–Kier alpha value is -0.650. The van der Waals surface area contributed by atoms with E-state index in [0.717, 1.165) is 13.0 Å². The van der Waals surface area contributed by atoms with Crippen LogP contribution in [0.2, 0.25) is 0 Å². The fourth-order valence-electron chi connectivity index (χ4n) is 2.36. The van der Waals surface area contributed by atoms with Gasteiger partial charge in [0.25, 0.3) is 0 Å². The molecule has 20 heavy (non-hydrogen) atoms. The van der Waals surface area contributed by atoms with Gasteiger partial charge in [0.2, 0.25) is 0 Å². The van der Waals surface area contributed by atoms with Crippen LogP contribution in [-0.2, 0) is 14.3 Å². The molecule has 2 atom stereocenters. The summed E-state index contributed by atoms with van der Waals surface area (Å²) < 4.78 is 10.1. The van der Waals surface area contributed by atoms with Crippen LogP contribution in [-0.4, -0.2) is 62.4 Å². The first kappa shape index (κ1) is 19.4. The van der Waals surface area contributed by atoms with E-state index < -0.39 is 5.54 Å². The van der Waals surface area contributed by atoms with E-state index in [4.69, 9.17) is 9.47 Å². The van der Waals surface area contributed by atoms with Gasteiger partial charge in [0.1, 0.15) is 5.54 Å². The van der Waals surface area contributed by atoms with Gasteiger partial charge in [-0.2, -0.15) is 0 Å². The first-order valence-corrected chi connectivity index (χ1v) is 7.39. The summed E-state index contributed by atoms with van der Waals surface area (Å²) in [6, 6.07) is 0.600. The third kappa shape index (κ3) is 6.20. The Morgan fingerprint density at radius 2 is 1.90 bits per heavy atom. The maximum absolute atomic E-state index is 12.1. The number of carbonyl (C=O) groups is 1. The number of carbonyl (C=O) groups excluding carboxylic acids is 1. The zero-order chi connectivity index (χ0) is 15.8. The lowest BCUT2D eigenvalue weighted by molar-refractivity contribution is -0.149. The summed E-state index contributed by atoms with van der Waals surface area (Å²) >= 11 is 0. The van der Waals surface area contributed by atoms with Crippen molar-refractivity contribution in [2.75, 3.05) is 33.9 Å². The molecule has 120 valence electrons. The number of ether oxygens (including phenoxy) is 2. The van der Waals surface area contributed by atoms with Crippen LogP contribution in [0, 0.1) is 0 Å². The van der Waals surface area contributed by atoms with Gasteiger partial charge in [-0.05, 0) is 34.1 Å². The van der Waals surface area contributed by atoms with Gasteiger partial charge >= 0.3 is 5.97 Å². The summed E-state index contributed by atoms with van der Waals surface area (Å²) in [5, 5.41) is 3.34. The highest BCUT2D eigenvalue weighted by Crippen LogP contribution is 2.14. The van der Waals surface area contributed by atoms with Gasteiger partial charge in [-0.3, -0.25) is 15.0 Å². The first-order valence-electron chi connectivity index (χ1n) is 7.39. The Morgan fingerprint density at radius 1 is 1.30 bits per heavy atom. The van der Waals surface area contributed by atoms with Crippen molar-refractivity contribution in [2.45, 2.75) is 58.7 Å². The molecular formula is C15H32N2O3. The Kier molecular flexibility index (Phi) is 9.01. The highest BCUT2D eigenvalue weighted by atomic mass is 16.5. The van der Waals surface area contributed by atoms with E-state index in [9.17, 15) is 4.79 Å². The van der Waals surface area contributed by atoms with E-state index in [0.29, 0.717) is 19.2 Å². The van der Waals surface area contributed by atoms with Crippen LogP contribution in [0.4, 0.5) is 0 Å². The molecule has 0 rings (SSSR count).